The van der Waals surface area contributed by atoms with Gasteiger partial charge in [-0.15, -0.1) is 0 Å². The molecule has 1 fully saturated rings. The average Bonchev–Trinajstić information content (AvgIpc) is 2.72. The van der Waals surface area contributed by atoms with Gasteiger partial charge in [0.05, 0.1) is 0 Å². The van der Waals surface area contributed by atoms with Crippen LogP contribution in [0.4, 0.5) is 0 Å². The van der Waals surface area contributed by atoms with E-state index >= 15 is 0 Å². The van der Waals surface area contributed by atoms with Crippen molar-refractivity contribution in [2.24, 2.45) is 0 Å². The van der Waals surface area contributed by atoms with Crippen molar-refractivity contribution in [1.29, 1.82) is 0 Å². The molecule has 0 radical (unpaired) electrons. The first-order valence-electron chi connectivity index (χ1n) is 6.52. The van der Waals surface area contributed by atoms with E-state index in [1.807, 2.05) is 19.1 Å². The highest BCUT2D eigenvalue weighted by molar-refractivity contribution is 5.78. The Kier molecular flexibility index (Phi) is 3.44. The molecule has 0 bridgehead atoms. The summed E-state index contributed by atoms with van der Waals surface area (Å²) in [7, 11) is 0. The van der Waals surface area contributed by atoms with Gasteiger partial charge in [-0.25, -0.2) is 0 Å². The second-order valence-corrected chi connectivity index (χ2v) is 5.41. The lowest BCUT2D eigenvalue weighted by Gasteiger charge is -2.36. The smallest absolute Gasteiger partial charge is 0.323 e. The van der Waals surface area contributed by atoms with Gasteiger partial charge in [0.15, 0.2) is 0 Å². The normalized spacial score (nSPS) is 26.2. The summed E-state index contributed by atoms with van der Waals surface area (Å²) in [6, 6.07) is 8.37. The zero-order valence-corrected chi connectivity index (χ0v) is 11.3. The number of likely N-dealkylation sites (tertiary alicyclic amines) is 1. The third-order valence-corrected chi connectivity index (χ3v) is 4.26. The lowest BCUT2D eigenvalue weighted by molar-refractivity contribution is -0.149. The van der Waals surface area contributed by atoms with E-state index in [0.717, 1.165) is 19.4 Å². The molecule has 2 atom stereocenters. The zero-order valence-electron chi connectivity index (χ0n) is 11.3. The molecule has 1 aliphatic heterocycles. The summed E-state index contributed by atoms with van der Waals surface area (Å²) in [5.41, 5.74) is 1.73. The van der Waals surface area contributed by atoms with Gasteiger partial charge in [-0.2, -0.15) is 0 Å². The Morgan fingerprint density at radius 1 is 1.44 bits per heavy atom. The van der Waals surface area contributed by atoms with E-state index in [-0.39, 0.29) is 6.04 Å². The summed E-state index contributed by atoms with van der Waals surface area (Å²) in [6.07, 6.45) is 1.69. The maximum atomic E-state index is 11.5. The van der Waals surface area contributed by atoms with E-state index in [1.165, 1.54) is 11.1 Å². The maximum Gasteiger partial charge on any atom is 0.323 e. The van der Waals surface area contributed by atoms with Crippen LogP contribution in [0.1, 0.15) is 43.9 Å². The zero-order chi connectivity index (χ0) is 13.3. The Morgan fingerprint density at radius 3 is 2.72 bits per heavy atom. The number of carbonyl (C=O) groups is 1. The highest BCUT2D eigenvalue weighted by Gasteiger charge is 2.45. The van der Waals surface area contributed by atoms with Gasteiger partial charge in [0.2, 0.25) is 0 Å². The molecule has 98 valence electrons. The molecular formula is C15H21NO2. The molecule has 0 amide bonds. The minimum absolute atomic E-state index is 0.148. The average molecular weight is 247 g/mol. The van der Waals surface area contributed by atoms with Crippen molar-refractivity contribution in [2.75, 3.05) is 6.54 Å². The van der Waals surface area contributed by atoms with Gasteiger partial charge in [-0.05, 0) is 51.3 Å². The molecular weight excluding hydrogens is 226 g/mol. The third-order valence-electron chi connectivity index (χ3n) is 4.26. The summed E-state index contributed by atoms with van der Waals surface area (Å²) in [6.45, 7) is 6.89. The summed E-state index contributed by atoms with van der Waals surface area (Å²) in [5, 5.41) is 9.47. The number of carboxylic acid groups (broad SMARTS) is 1. The molecule has 1 aliphatic rings. The number of hydrogen-bond acceptors (Lipinski definition) is 2. The number of aryl methyl sites for hydroxylation is 1. The fourth-order valence-electron chi connectivity index (χ4n) is 3.06. The molecule has 1 heterocycles. The maximum absolute atomic E-state index is 11.5. The van der Waals surface area contributed by atoms with Crippen molar-refractivity contribution in [1.82, 2.24) is 4.90 Å². The summed E-state index contributed by atoms with van der Waals surface area (Å²) >= 11 is 0. The Labute approximate surface area is 108 Å². The van der Waals surface area contributed by atoms with Gasteiger partial charge in [-0.1, -0.05) is 24.3 Å². The molecule has 1 saturated heterocycles. The molecule has 1 N–H and O–H groups in total. The summed E-state index contributed by atoms with van der Waals surface area (Å²) in [4.78, 5) is 13.6. The second-order valence-electron chi connectivity index (χ2n) is 5.41. The van der Waals surface area contributed by atoms with Crippen molar-refractivity contribution in [3.05, 3.63) is 35.4 Å². The van der Waals surface area contributed by atoms with E-state index in [9.17, 15) is 9.90 Å². The van der Waals surface area contributed by atoms with Crippen LogP contribution in [0.3, 0.4) is 0 Å². The van der Waals surface area contributed by atoms with Gasteiger partial charge in [0.25, 0.3) is 0 Å². The first-order chi connectivity index (χ1) is 8.47. The highest BCUT2D eigenvalue weighted by atomic mass is 16.4. The van der Waals surface area contributed by atoms with Gasteiger partial charge in [-0.3, -0.25) is 9.69 Å². The van der Waals surface area contributed by atoms with E-state index in [1.54, 1.807) is 0 Å². The SMILES string of the molecule is Cc1ccccc1C(C)N1CCCC1(C)C(=O)O. The van der Waals surface area contributed by atoms with Gasteiger partial charge in [0.1, 0.15) is 5.54 Å². The van der Waals surface area contributed by atoms with Crippen molar-refractivity contribution in [3.63, 3.8) is 0 Å². The monoisotopic (exact) mass is 247 g/mol. The predicted molar refractivity (Wildman–Crippen MR) is 71.6 cm³/mol. The molecule has 3 nitrogen and oxygen atoms in total. The number of aliphatic carboxylic acids is 1. The fraction of sp³-hybridized carbons (Fsp3) is 0.533. The quantitative estimate of drug-likeness (QED) is 0.892. The molecule has 0 aromatic heterocycles. The number of rotatable bonds is 3. The minimum Gasteiger partial charge on any atom is -0.480 e. The van der Waals surface area contributed by atoms with Crippen LogP contribution in [-0.4, -0.2) is 28.1 Å². The Hall–Kier alpha value is -1.35. The second kappa shape index (κ2) is 4.73. The number of nitrogens with zero attached hydrogens (tertiary/aromatic N) is 1. The van der Waals surface area contributed by atoms with Crippen LogP contribution in [0.2, 0.25) is 0 Å². The van der Waals surface area contributed by atoms with Crippen LogP contribution in [0.5, 0.6) is 0 Å². The lowest BCUT2D eigenvalue weighted by atomic mass is 9.94. The fourth-order valence-corrected chi connectivity index (χ4v) is 3.06. The molecule has 18 heavy (non-hydrogen) atoms. The van der Waals surface area contributed by atoms with Crippen molar-refractivity contribution in [3.8, 4) is 0 Å². The Bertz CT molecular complexity index is 458. The van der Waals surface area contributed by atoms with Crippen LogP contribution < -0.4 is 0 Å². The topological polar surface area (TPSA) is 40.5 Å². The molecule has 0 saturated carbocycles. The first kappa shape index (κ1) is 13.1. The largest absolute Gasteiger partial charge is 0.480 e. The van der Waals surface area contributed by atoms with Crippen LogP contribution in [0, 0.1) is 6.92 Å². The molecule has 1 aromatic carbocycles. The standard InChI is InChI=1S/C15H21NO2/c1-11-7-4-5-8-13(11)12(2)16-10-6-9-15(16,3)14(17)18/h4-5,7-8,12H,6,9-10H2,1-3H3,(H,17,18). The van der Waals surface area contributed by atoms with E-state index in [2.05, 4.69) is 30.9 Å². The highest BCUT2D eigenvalue weighted by Crippen LogP contribution is 2.37. The van der Waals surface area contributed by atoms with Gasteiger partial charge < -0.3 is 5.11 Å². The van der Waals surface area contributed by atoms with Crippen LogP contribution in [0.15, 0.2) is 24.3 Å². The van der Waals surface area contributed by atoms with Gasteiger partial charge >= 0.3 is 5.97 Å². The van der Waals surface area contributed by atoms with Crippen molar-refractivity contribution < 1.29 is 9.90 Å². The summed E-state index contributed by atoms with van der Waals surface area (Å²) in [5.74, 6) is -0.708. The van der Waals surface area contributed by atoms with Gasteiger partial charge in [0, 0.05) is 6.04 Å². The molecule has 2 rings (SSSR count). The van der Waals surface area contributed by atoms with Crippen LogP contribution >= 0.6 is 0 Å². The Morgan fingerprint density at radius 2 is 2.11 bits per heavy atom. The molecule has 0 aliphatic carbocycles. The molecule has 3 heteroatoms. The van der Waals surface area contributed by atoms with E-state index in [4.69, 9.17) is 0 Å². The first-order valence-corrected chi connectivity index (χ1v) is 6.52. The number of hydrogen-bond donors (Lipinski definition) is 1. The van der Waals surface area contributed by atoms with E-state index < -0.39 is 11.5 Å². The lowest BCUT2D eigenvalue weighted by Crippen LogP contribution is -2.48. The number of carboxylic acids is 1. The molecule has 0 spiro atoms. The van der Waals surface area contributed by atoms with E-state index in [0.29, 0.717) is 0 Å². The third kappa shape index (κ3) is 2.03. The van der Waals surface area contributed by atoms with Crippen LogP contribution in [-0.2, 0) is 4.79 Å². The van der Waals surface area contributed by atoms with Crippen molar-refractivity contribution >= 4 is 5.97 Å². The number of benzene rings is 1. The summed E-state index contributed by atoms with van der Waals surface area (Å²) < 4.78 is 0. The van der Waals surface area contributed by atoms with Crippen molar-refractivity contribution in [2.45, 2.75) is 45.2 Å². The minimum atomic E-state index is -0.721. The Balaban J connectivity index is 2.32. The molecule has 1 aromatic rings. The van der Waals surface area contributed by atoms with Crippen LogP contribution in [0.25, 0.3) is 0 Å². The predicted octanol–water partition coefficient (Wildman–Crippen LogP) is 3.00. The molecule has 2 unspecified atom stereocenters.